The number of nitrogens with zero attached hydrogens (tertiary/aromatic N) is 3. The van der Waals surface area contributed by atoms with Crippen LogP contribution in [0.15, 0.2) is 12.3 Å². The van der Waals surface area contributed by atoms with Crippen molar-refractivity contribution >= 4 is 11.8 Å². The van der Waals surface area contributed by atoms with Gasteiger partial charge in [0.25, 0.3) is 0 Å². The van der Waals surface area contributed by atoms with Crippen molar-refractivity contribution in [2.45, 2.75) is 25.9 Å². The average molecular weight is 343 g/mol. The number of ether oxygens (including phenoxy) is 2. The highest BCUT2D eigenvalue weighted by atomic mass is 19.4. The number of hydrogen-bond donors (Lipinski definition) is 2. The van der Waals surface area contributed by atoms with Gasteiger partial charge in [-0.3, -0.25) is 0 Å². The summed E-state index contributed by atoms with van der Waals surface area (Å²) in [5.74, 6) is -1.06. The number of methoxy groups -OCH3 is 1. The quantitative estimate of drug-likeness (QED) is 0.878. The Labute approximate surface area is 135 Å². The number of pyridine rings is 1. The number of hydrogen-bond acceptors (Lipinski definition) is 7. The fraction of sp³-hybridized carbons (Fsp3) is 0.357. The maximum atomic E-state index is 13.2. The minimum Gasteiger partial charge on any atom is -0.481 e. The van der Waals surface area contributed by atoms with Gasteiger partial charge in [0.15, 0.2) is 11.6 Å². The molecular formula is C14H16F3N5O2. The van der Waals surface area contributed by atoms with Crippen LogP contribution in [-0.2, 0) is 6.18 Å². The maximum Gasteiger partial charge on any atom is 0.421 e. The number of nitrogens with two attached hydrogens (primary N) is 2. The number of rotatable bonds is 4. The van der Waals surface area contributed by atoms with Gasteiger partial charge in [0.1, 0.15) is 11.3 Å². The van der Waals surface area contributed by atoms with Gasteiger partial charge in [-0.2, -0.15) is 18.2 Å². The normalized spacial score (nSPS) is 11.6. The summed E-state index contributed by atoms with van der Waals surface area (Å²) < 4.78 is 49.8. The first-order valence-electron chi connectivity index (χ1n) is 6.85. The molecule has 0 unspecified atom stereocenters. The van der Waals surface area contributed by atoms with Gasteiger partial charge in [-0.25, -0.2) is 9.97 Å². The summed E-state index contributed by atoms with van der Waals surface area (Å²) >= 11 is 0. The highest BCUT2D eigenvalue weighted by Crippen LogP contribution is 2.41. The second-order valence-electron chi connectivity index (χ2n) is 5.16. The lowest BCUT2D eigenvalue weighted by Gasteiger charge is -2.18. The second kappa shape index (κ2) is 6.38. The summed E-state index contributed by atoms with van der Waals surface area (Å²) in [7, 11) is 1.12. The van der Waals surface area contributed by atoms with E-state index >= 15 is 0 Å². The summed E-state index contributed by atoms with van der Waals surface area (Å²) in [6, 6.07) is 0.816. The Kier molecular flexibility index (Phi) is 4.67. The first-order chi connectivity index (χ1) is 11.1. The van der Waals surface area contributed by atoms with Crippen LogP contribution >= 0.6 is 0 Å². The van der Waals surface area contributed by atoms with E-state index in [0.29, 0.717) is 0 Å². The highest BCUT2D eigenvalue weighted by Gasteiger charge is 2.37. The molecule has 0 amide bonds. The molecule has 10 heteroatoms. The van der Waals surface area contributed by atoms with Gasteiger partial charge >= 0.3 is 6.18 Å². The highest BCUT2D eigenvalue weighted by molar-refractivity contribution is 5.51. The number of alkyl halides is 3. The van der Waals surface area contributed by atoms with Gasteiger partial charge < -0.3 is 20.9 Å². The average Bonchev–Trinajstić information content (AvgIpc) is 2.48. The van der Waals surface area contributed by atoms with Crippen molar-refractivity contribution in [1.29, 1.82) is 0 Å². The molecule has 0 saturated carbocycles. The van der Waals surface area contributed by atoms with E-state index in [1.54, 1.807) is 13.8 Å². The lowest BCUT2D eigenvalue weighted by molar-refractivity contribution is -0.139. The molecule has 0 aliphatic rings. The fourth-order valence-corrected chi connectivity index (χ4v) is 1.94. The van der Waals surface area contributed by atoms with Crippen molar-refractivity contribution in [2.24, 2.45) is 0 Å². The van der Waals surface area contributed by atoms with Crippen LogP contribution < -0.4 is 20.9 Å². The third kappa shape index (κ3) is 3.58. The molecule has 0 atom stereocenters. The van der Waals surface area contributed by atoms with Crippen molar-refractivity contribution in [2.75, 3.05) is 18.6 Å². The Morgan fingerprint density at radius 1 is 1.12 bits per heavy atom. The zero-order valence-corrected chi connectivity index (χ0v) is 13.2. The molecule has 2 aromatic heterocycles. The largest absolute Gasteiger partial charge is 0.481 e. The summed E-state index contributed by atoms with van der Waals surface area (Å²) in [6.07, 6.45) is -3.48. The zero-order valence-electron chi connectivity index (χ0n) is 13.2. The van der Waals surface area contributed by atoms with E-state index in [1.807, 2.05) is 0 Å². The zero-order chi connectivity index (χ0) is 18.1. The molecule has 0 radical (unpaired) electrons. The molecule has 4 N–H and O–H groups in total. The number of halogens is 3. The maximum absolute atomic E-state index is 13.2. The Bertz CT molecular complexity index is 750. The van der Waals surface area contributed by atoms with E-state index in [4.69, 9.17) is 20.9 Å². The predicted molar refractivity (Wildman–Crippen MR) is 80.8 cm³/mol. The minimum atomic E-state index is -4.66. The van der Waals surface area contributed by atoms with Crippen molar-refractivity contribution < 1.29 is 22.6 Å². The van der Waals surface area contributed by atoms with Crippen LogP contribution in [0.25, 0.3) is 0 Å². The van der Waals surface area contributed by atoms with E-state index in [1.165, 1.54) is 6.20 Å². The van der Waals surface area contributed by atoms with E-state index in [2.05, 4.69) is 15.0 Å². The van der Waals surface area contributed by atoms with Gasteiger partial charge in [-0.15, -0.1) is 0 Å². The van der Waals surface area contributed by atoms with Crippen LogP contribution in [0.3, 0.4) is 0 Å². The summed E-state index contributed by atoms with van der Waals surface area (Å²) in [6.45, 7) is 3.51. The molecule has 0 aliphatic heterocycles. The van der Waals surface area contributed by atoms with Crippen LogP contribution in [0.2, 0.25) is 0 Å². The molecule has 0 fully saturated rings. The monoisotopic (exact) mass is 343 g/mol. The third-order valence-electron chi connectivity index (χ3n) is 3.05. The van der Waals surface area contributed by atoms with E-state index in [0.717, 1.165) is 13.2 Å². The van der Waals surface area contributed by atoms with E-state index in [-0.39, 0.29) is 34.9 Å². The number of nitrogen functional groups attached to an aromatic ring is 2. The minimum absolute atomic E-state index is 0.0220. The Morgan fingerprint density at radius 2 is 1.79 bits per heavy atom. The second-order valence-corrected chi connectivity index (χ2v) is 5.16. The van der Waals surface area contributed by atoms with Crippen molar-refractivity contribution in [1.82, 2.24) is 15.0 Å². The number of anilines is 2. The molecule has 2 rings (SSSR count). The van der Waals surface area contributed by atoms with E-state index < -0.39 is 17.6 Å². The first-order valence-corrected chi connectivity index (χ1v) is 6.85. The molecule has 7 nitrogen and oxygen atoms in total. The predicted octanol–water partition coefficient (Wildman–Crippen LogP) is 2.98. The SMILES string of the molecule is COc1nc(C(C)C)c(Oc2cnc(N)nc2N)cc1C(F)(F)F. The lowest BCUT2D eigenvalue weighted by atomic mass is 10.1. The molecule has 2 heterocycles. The van der Waals surface area contributed by atoms with E-state index in [9.17, 15) is 13.2 Å². The van der Waals surface area contributed by atoms with Gasteiger partial charge in [0, 0.05) is 6.07 Å². The van der Waals surface area contributed by atoms with Crippen LogP contribution in [0.1, 0.15) is 31.0 Å². The Balaban J connectivity index is 2.58. The molecule has 0 bridgehead atoms. The molecule has 2 aromatic rings. The van der Waals surface area contributed by atoms with Gasteiger partial charge in [-0.1, -0.05) is 13.8 Å². The lowest BCUT2D eigenvalue weighted by Crippen LogP contribution is -2.12. The smallest absolute Gasteiger partial charge is 0.421 e. The van der Waals surface area contributed by atoms with Crippen LogP contribution in [-0.4, -0.2) is 22.1 Å². The molecule has 0 aromatic carbocycles. The van der Waals surface area contributed by atoms with Gasteiger partial charge in [0.2, 0.25) is 11.8 Å². The summed E-state index contributed by atoms with van der Waals surface area (Å²) in [5.41, 5.74) is 10.3. The fourth-order valence-electron chi connectivity index (χ4n) is 1.94. The summed E-state index contributed by atoms with van der Waals surface area (Å²) in [5, 5.41) is 0. The number of aromatic nitrogens is 3. The standard InChI is InChI=1S/C14H16F3N5O2/c1-6(2)10-8(24-9-5-20-13(19)22-11(9)18)4-7(14(15,16)17)12(21-10)23-3/h4-6H,1-3H3,(H4,18,19,20,22). The molecule has 24 heavy (non-hydrogen) atoms. The molecule has 0 saturated heterocycles. The summed E-state index contributed by atoms with van der Waals surface area (Å²) in [4.78, 5) is 11.3. The molecule has 0 aliphatic carbocycles. The third-order valence-corrected chi connectivity index (χ3v) is 3.05. The van der Waals surface area contributed by atoms with Crippen LogP contribution in [0.5, 0.6) is 17.4 Å². The molecule has 0 spiro atoms. The topological polar surface area (TPSA) is 109 Å². The van der Waals surface area contributed by atoms with Crippen LogP contribution in [0, 0.1) is 0 Å². The van der Waals surface area contributed by atoms with Crippen molar-refractivity contribution in [3.63, 3.8) is 0 Å². The Hall–Kier alpha value is -2.78. The van der Waals surface area contributed by atoms with Crippen molar-refractivity contribution in [3.05, 3.63) is 23.5 Å². The van der Waals surface area contributed by atoms with Crippen LogP contribution in [0.4, 0.5) is 24.9 Å². The van der Waals surface area contributed by atoms with Gasteiger partial charge in [-0.05, 0) is 5.92 Å². The molecule has 130 valence electrons. The molecular weight excluding hydrogens is 327 g/mol. The Morgan fingerprint density at radius 3 is 2.29 bits per heavy atom. The first kappa shape index (κ1) is 17.6. The van der Waals surface area contributed by atoms with Gasteiger partial charge in [0.05, 0.1) is 19.0 Å². The van der Waals surface area contributed by atoms with Crippen molar-refractivity contribution in [3.8, 4) is 17.4 Å².